The first-order valence-electron chi connectivity index (χ1n) is 9.15. The first kappa shape index (κ1) is 21.6. The third-order valence-corrected chi connectivity index (χ3v) is 33.0. The molecule has 0 aliphatic carbocycles. The van der Waals surface area contributed by atoms with E-state index in [2.05, 4.69) is 72.6 Å². The fourth-order valence-electron chi connectivity index (χ4n) is 2.09. The summed E-state index contributed by atoms with van der Waals surface area (Å²) in [5, 5.41) is 3.08. The highest BCUT2D eigenvalue weighted by Gasteiger charge is 2.37. The van der Waals surface area contributed by atoms with Crippen LogP contribution in [0, 0.1) is 0 Å². The van der Waals surface area contributed by atoms with Gasteiger partial charge in [-0.2, -0.15) is 15.0 Å². The molecule has 0 radical (unpaired) electrons. The predicted octanol–water partition coefficient (Wildman–Crippen LogP) is -0.0744. The lowest BCUT2D eigenvalue weighted by Gasteiger charge is -2.29. The van der Waals surface area contributed by atoms with Crippen LogP contribution >= 0.6 is 0 Å². The summed E-state index contributed by atoms with van der Waals surface area (Å²) in [4.78, 5) is 26.5. The minimum Gasteiger partial charge on any atom is -0.368 e. The Kier molecular flexibility index (Phi) is 6.18. The Bertz CT molecular complexity index is 768. The van der Waals surface area contributed by atoms with Crippen molar-refractivity contribution in [3.05, 3.63) is 0 Å². The molecule has 0 fully saturated rings. The molecule has 0 aromatic carbocycles. The van der Waals surface area contributed by atoms with E-state index in [0.29, 0.717) is 5.95 Å². The quantitative estimate of drug-likeness (QED) is 0.529. The van der Waals surface area contributed by atoms with Crippen molar-refractivity contribution in [2.75, 3.05) is 16.8 Å². The molecule has 0 bridgehead atoms. The summed E-state index contributed by atoms with van der Waals surface area (Å²) < 4.78 is 0. The average molecular weight is 438 g/mol. The second kappa shape index (κ2) is 7.73. The molecule has 0 aliphatic heterocycles. The maximum Gasteiger partial charge on any atom is 0.236 e. The summed E-state index contributed by atoms with van der Waals surface area (Å²) in [7, 11) is -5.25. The number of hydrogen-bond donors (Lipinski definition) is 3. The van der Waals surface area contributed by atoms with Gasteiger partial charge < -0.3 is 11.5 Å². The van der Waals surface area contributed by atoms with Crippen LogP contribution in [0.2, 0.25) is 52.4 Å². The Hall–Kier alpha value is -1.71. The maximum absolute atomic E-state index is 5.68. The first-order chi connectivity index (χ1) is 12.3. The summed E-state index contributed by atoms with van der Waals surface area (Å²) in [6, 6.07) is 0. The van der Waals surface area contributed by atoms with Crippen molar-refractivity contribution in [3.63, 3.8) is 0 Å². The number of anilines is 4. The third-order valence-electron chi connectivity index (χ3n) is 5.57. The van der Waals surface area contributed by atoms with Crippen LogP contribution in [0.1, 0.15) is 0 Å². The highest BCUT2D eigenvalue weighted by atomic mass is 29.2. The minimum atomic E-state index is -1.70. The van der Waals surface area contributed by atoms with Gasteiger partial charge in [-0.05, 0) is 0 Å². The van der Waals surface area contributed by atoms with Gasteiger partial charge in [-0.1, -0.05) is 52.4 Å². The van der Waals surface area contributed by atoms with Crippen LogP contribution < -0.4 is 27.7 Å². The monoisotopic (exact) mass is 437 g/mol. The minimum absolute atomic E-state index is 0.0630. The van der Waals surface area contributed by atoms with Crippen molar-refractivity contribution in [1.82, 2.24) is 29.9 Å². The van der Waals surface area contributed by atoms with Crippen molar-refractivity contribution in [1.29, 1.82) is 0 Å². The zero-order valence-corrected chi connectivity index (χ0v) is 21.8. The number of nitrogen functional groups attached to an aromatic ring is 2. The van der Waals surface area contributed by atoms with Gasteiger partial charge in [0.25, 0.3) is 0 Å². The van der Waals surface area contributed by atoms with Gasteiger partial charge >= 0.3 is 0 Å². The molecule has 148 valence electrons. The molecular weight excluding hydrogens is 407 g/mol. The molecule has 0 saturated heterocycles. The Morgan fingerprint density at radius 3 is 1.37 bits per heavy atom. The zero-order chi connectivity index (χ0) is 20.6. The third kappa shape index (κ3) is 4.77. The normalized spacial score (nSPS) is 12.7. The van der Waals surface area contributed by atoms with Crippen molar-refractivity contribution in [2.24, 2.45) is 0 Å². The molecule has 13 heteroatoms. The Labute approximate surface area is 165 Å². The van der Waals surface area contributed by atoms with Gasteiger partial charge in [0, 0.05) is 16.6 Å². The first-order valence-corrected chi connectivity index (χ1v) is 23.4. The van der Waals surface area contributed by atoms with Crippen LogP contribution in [-0.4, -0.2) is 61.7 Å². The Morgan fingerprint density at radius 1 is 0.630 bits per heavy atom. The molecule has 9 nitrogen and oxygen atoms in total. The van der Waals surface area contributed by atoms with Crippen LogP contribution in [-0.2, 0) is 0 Å². The van der Waals surface area contributed by atoms with Crippen LogP contribution in [0.25, 0.3) is 0 Å². The molecule has 0 saturated carbocycles. The SMILES string of the molecule is C[SiH](C)[Si](C)(C)c1nc(Nc2nc(N)nc(N)n2)nc([Si](C)(C)[SiH](C)C)n1. The van der Waals surface area contributed by atoms with E-state index >= 15 is 0 Å². The molecular formula is C14H31N9Si4. The van der Waals surface area contributed by atoms with Crippen molar-refractivity contribution >= 4 is 66.5 Å². The molecule has 0 spiro atoms. The number of rotatable bonds is 6. The van der Waals surface area contributed by atoms with Crippen LogP contribution in [0.3, 0.4) is 0 Å². The van der Waals surface area contributed by atoms with Crippen LogP contribution in [0.4, 0.5) is 23.8 Å². The van der Waals surface area contributed by atoms with Gasteiger partial charge in [0.15, 0.2) is 0 Å². The summed E-state index contributed by atoms with van der Waals surface area (Å²) in [6.07, 6.45) is 0. The standard InChI is InChI=1S/C14H31N9Si4/c1-24(2)26(5,6)13-21-12(20-11-18-9(15)17-10(16)19-11)22-14(23-13)27(7,8)25(3)4/h24-25H,1-8H3,(H5,15,16,17,18,19,20,21,22,23). The van der Waals surface area contributed by atoms with Crippen molar-refractivity contribution < 1.29 is 0 Å². The van der Waals surface area contributed by atoms with Crippen LogP contribution in [0.5, 0.6) is 0 Å². The molecule has 0 unspecified atom stereocenters. The fourth-order valence-corrected chi connectivity index (χ4v) is 8.68. The molecule has 27 heavy (non-hydrogen) atoms. The summed E-state index contributed by atoms with van der Waals surface area (Å²) in [5.74, 6) is 0.859. The van der Waals surface area contributed by atoms with E-state index in [9.17, 15) is 0 Å². The molecule has 2 aromatic rings. The van der Waals surface area contributed by atoms with Crippen LogP contribution in [0.15, 0.2) is 0 Å². The molecule has 2 rings (SSSR count). The lowest BCUT2D eigenvalue weighted by atomic mass is 10.8. The largest absolute Gasteiger partial charge is 0.368 e. The average Bonchev–Trinajstić information content (AvgIpc) is 2.53. The zero-order valence-electron chi connectivity index (χ0n) is 17.5. The maximum atomic E-state index is 5.68. The topological polar surface area (TPSA) is 141 Å². The Balaban J connectivity index is 2.59. The highest BCUT2D eigenvalue weighted by molar-refractivity contribution is 7.37. The van der Waals surface area contributed by atoms with Crippen molar-refractivity contribution in [2.45, 2.75) is 52.4 Å². The van der Waals surface area contributed by atoms with Gasteiger partial charge in [-0.15, -0.1) is 0 Å². The number of nitrogens with two attached hydrogens (primary N) is 2. The molecule has 5 N–H and O–H groups in total. The molecule has 2 aromatic heterocycles. The van der Waals surface area contributed by atoms with E-state index in [4.69, 9.17) is 26.4 Å². The number of hydrogen-bond acceptors (Lipinski definition) is 9. The number of aromatic nitrogens is 6. The molecule has 2 heterocycles. The number of nitrogens with one attached hydrogen (secondary N) is 1. The highest BCUT2D eigenvalue weighted by Crippen LogP contribution is 2.12. The van der Waals surface area contributed by atoms with Gasteiger partial charge in [0.1, 0.15) is 26.1 Å². The van der Waals surface area contributed by atoms with E-state index in [1.54, 1.807) is 0 Å². The number of nitrogens with zero attached hydrogens (tertiary/aromatic N) is 6. The van der Waals surface area contributed by atoms with Gasteiger partial charge in [-0.3, -0.25) is 5.32 Å². The lowest BCUT2D eigenvalue weighted by molar-refractivity contribution is 1.05. The lowest BCUT2D eigenvalue weighted by Crippen LogP contribution is -2.62. The van der Waals surface area contributed by atoms with E-state index in [1.165, 1.54) is 0 Å². The molecule has 0 aliphatic rings. The predicted molar refractivity (Wildman–Crippen MR) is 124 cm³/mol. The smallest absolute Gasteiger partial charge is 0.236 e. The van der Waals surface area contributed by atoms with Gasteiger partial charge in [0.05, 0.1) is 0 Å². The molecule has 0 amide bonds. The summed E-state index contributed by atoms with van der Waals surface area (Å²) in [6.45, 7) is 18.9. The summed E-state index contributed by atoms with van der Waals surface area (Å²) >= 11 is 0. The molecule has 0 atom stereocenters. The Morgan fingerprint density at radius 2 is 1.00 bits per heavy atom. The van der Waals surface area contributed by atoms with Gasteiger partial charge in [0.2, 0.25) is 23.8 Å². The van der Waals surface area contributed by atoms with E-state index in [0.717, 1.165) is 10.9 Å². The van der Waals surface area contributed by atoms with E-state index in [1.807, 2.05) is 0 Å². The summed E-state index contributed by atoms with van der Waals surface area (Å²) in [5.41, 5.74) is 13.3. The second-order valence-corrected chi connectivity index (χ2v) is 36.5. The fraction of sp³-hybridized carbons (Fsp3) is 0.571. The van der Waals surface area contributed by atoms with E-state index in [-0.39, 0.29) is 17.8 Å². The second-order valence-electron chi connectivity index (χ2n) is 8.56. The van der Waals surface area contributed by atoms with Gasteiger partial charge in [-0.25, -0.2) is 15.0 Å². The van der Waals surface area contributed by atoms with E-state index < -0.39 is 31.8 Å². The van der Waals surface area contributed by atoms with Crippen molar-refractivity contribution in [3.8, 4) is 0 Å².